The molecule has 0 aromatic heterocycles. The molecule has 2 aromatic rings. The monoisotopic (exact) mass is 395 g/mol. The van der Waals surface area contributed by atoms with Gasteiger partial charge in [0, 0.05) is 13.0 Å². The molecule has 28 heavy (non-hydrogen) atoms. The van der Waals surface area contributed by atoms with Crippen molar-refractivity contribution < 1.29 is 27.4 Å². The van der Waals surface area contributed by atoms with E-state index >= 15 is 0 Å². The van der Waals surface area contributed by atoms with Gasteiger partial charge in [-0.2, -0.15) is 0 Å². The second-order valence-electron chi connectivity index (χ2n) is 7.33. The van der Waals surface area contributed by atoms with Crippen LogP contribution >= 0.6 is 0 Å². The zero-order valence-corrected chi connectivity index (χ0v) is 16.1. The minimum atomic E-state index is -4.76. The SMILES string of the molecule is CC(C)(C)OC(=O)NCCc1ccc(OC(F)(F)F)c(Cc2ccccc2)c1. The summed E-state index contributed by atoms with van der Waals surface area (Å²) in [6.07, 6.45) is -4.54. The van der Waals surface area contributed by atoms with Gasteiger partial charge in [0.05, 0.1) is 0 Å². The largest absolute Gasteiger partial charge is 0.573 e. The summed E-state index contributed by atoms with van der Waals surface area (Å²) in [5.74, 6) is -0.222. The zero-order chi connectivity index (χ0) is 20.8. The van der Waals surface area contributed by atoms with Crippen molar-refractivity contribution in [3.8, 4) is 5.75 Å². The average molecular weight is 395 g/mol. The number of benzene rings is 2. The lowest BCUT2D eigenvalue weighted by molar-refractivity contribution is -0.274. The van der Waals surface area contributed by atoms with Crippen LogP contribution in [-0.4, -0.2) is 24.6 Å². The van der Waals surface area contributed by atoms with Gasteiger partial charge < -0.3 is 14.8 Å². The zero-order valence-electron chi connectivity index (χ0n) is 16.1. The first-order valence-electron chi connectivity index (χ1n) is 8.90. The van der Waals surface area contributed by atoms with Crippen LogP contribution in [0.25, 0.3) is 0 Å². The third-order valence-electron chi connectivity index (χ3n) is 3.67. The molecule has 0 fully saturated rings. The smallest absolute Gasteiger partial charge is 0.444 e. The van der Waals surface area contributed by atoms with Gasteiger partial charge in [0.15, 0.2) is 0 Å². The van der Waals surface area contributed by atoms with Gasteiger partial charge in [-0.1, -0.05) is 42.5 Å². The highest BCUT2D eigenvalue weighted by Gasteiger charge is 2.32. The van der Waals surface area contributed by atoms with Gasteiger partial charge in [-0.25, -0.2) is 4.79 Å². The van der Waals surface area contributed by atoms with Crippen LogP contribution in [0.4, 0.5) is 18.0 Å². The molecule has 0 aliphatic rings. The molecular formula is C21H24F3NO3. The quantitative estimate of drug-likeness (QED) is 0.727. The number of hydrogen-bond acceptors (Lipinski definition) is 3. The van der Waals surface area contributed by atoms with E-state index in [4.69, 9.17) is 4.74 Å². The van der Waals surface area contributed by atoms with Gasteiger partial charge in [-0.15, -0.1) is 13.2 Å². The van der Waals surface area contributed by atoms with E-state index in [1.807, 2.05) is 30.3 Å². The molecule has 1 amide bonds. The predicted octanol–water partition coefficient (Wildman–Crippen LogP) is 5.24. The Morgan fingerprint density at radius 1 is 1.00 bits per heavy atom. The van der Waals surface area contributed by atoms with Crippen LogP contribution in [0.5, 0.6) is 5.75 Å². The fourth-order valence-corrected chi connectivity index (χ4v) is 2.59. The molecule has 0 aliphatic heterocycles. The Morgan fingerprint density at radius 3 is 2.29 bits per heavy atom. The maximum Gasteiger partial charge on any atom is 0.573 e. The Labute approximate surface area is 162 Å². The minimum Gasteiger partial charge on any atom is -0.444 e. The lowest BCUT2D eigenvalue weighted by Gasteiger charge is -2.19. The van der Waals surface area contributed by atoms with Gasteiger partial charge in [0.2, 0.25) is 0 Å². The summed E-state index contributed by atoms with van der Waals surface area (Å²) in [4.78, 5) is 11.7. The van der Waals surface area contributed by atoms with E-state index in [1.165, 1.54) is 6.07 Å². The number of rotatable bonds is 6. The molecule has 2 rings (SSSR count). The van der Waals surface area contributed by atoms with Crippen LogP contribution < -0.4 is 10.1 Å². The molecule has 0 spiro atoms. The summed E-state index contributed by atoms with van der Waals surface area (Å²) in [7, 11) is 0. The lowest BCUT2D eigenvalue weighted by Crippen LogP contribution is -2.33. The van der Waals surface area contributed by atoms with E-state index < -0.39 is 18.1 Å². The van der Waals surface area contributed by atoms with Crippen molar-refractivity contribution in [1.82, 2.24) is 5.32 Å². The second kappa shape index (κ2) is 8.99. The van der Waals surface area contributed by atoms with Gasteiger partial charge in [-0.3, -0.25) is 0 Å². The van der Waals surface area contributed by atoms with E-state index in [-0.39, 0.29) is 5.75 Å². The number of amides is 1. The number of hydrogen-bond donors (Lipinski definition) is 1. The van der Waals surface area contributed by atoms with E-state index in [9.17, 15) is 18.0 Å². The first kappa shape index (κ1) is 21.6. The molecule has 0 saturated carbocycles. The molecular weight excluding hydrogens is 371 g/mol. The molecule has 0 unspecified atom stereocenters. The number of halogens is 3. The van der Waals surface area contributed by atoms with Crippen molar-refractivity contribution in [3.05, 3.63) is 65.2 Å². The molecule has 2 aromatic carbocycles. The maximum absolute atomic E-state index is 12.7. The molecule has 0 heterocycles. The van der Waals surface area contributed by atoms with Crippen LogP contribution in [0.3, 0.4) is 0 Å². The molecule has 0 aliphatic carbocycles. The van der Waals surface area contributed by atoms with Crippen LogP contribution in [0.1, 0.15) is 37.5 Å². The number of carbonyl (C=O) groups is 1. The van der Waals surface area contributed by atoms with Gasteiger partial charge >= 0.3 is 12.5 Å². The topological polar surface area (TPSA) is 47.6 Å². The van der Waals surface area contributed by atoms with Crippen LogP contribution in [0.15, 0.2) is 48.5 Å². The summed E-state index contributed by atoms with van der Waals surface area (Å²) >= 11 is 0. The van der Waals surface area contributed by atoms with Crippen LogP contribution in [0.2, 0.25) is 0 Å². The highest BCUT2D eigenvalue weighted by Crippen LogP contribution is 2.29. The number of alkyl carbamates (subject to hydrolysis) is 1. The fourth-order valence-electron chi connectivity index (χ4n) is 2.59. The van der Waals surface area contributed by atoms with Crippen molar-refractivity contribution in [2.45, 2.75) is 45.6 Å². The van der Waals surface area contributed by atoms with Crippen LogP contribution in [0, 0.1) is 0 Å². The fraction of sp³-hybridized carbons (Fsp3) is 0.381. The number of nitrogens with one attached hydrogen (secondary N) is 1. The first-order chi connectivity index (χ1) is 13.0. The highest BCUT2D eigenvalue weighted by molar-refractivity contribution is 5.67. The summed E-state index contributed by atoms with van der Waals surface area (Å²) in [6.45, 7) is 5.60. The second-order valence-corrected chi connectivity index (χ2v) is 7.33. The van der Waals surface area contributed by atoms with Crippen LogP contribution in [-0.2, 0) is 17.6 Å². The van der Waals surface area contributed by atoms with Crippen molar-refractivity contribution >= 4 is 6.09 Å². The third-order valence-corrected chi connectivity index (χ3v) is 3.67. The number of carbonyl (C=O) groups excluding carboxylic acids is 1. The lowest BCUT2D eigenvalue weighted by atomic mass is 10.0. The van der Waals surface area contributed by atoms with Gasteiger partial charge in [0.25, 0.3) is 0 Å². The molecule has 0 atom stereocenters. The van der Waals surface area contributed by atoms with E-state index in [2.05, 4.69) is 10.1 Å². The van der Waals surface area contributed by atoms with Gasteiger partial charge in [0.1, 0.15) is 11.4 Å². The summed E-state index contributed by atoms with van der Waals surface area (Å²) in [6, 6.07) is 13.7. The normalized spacial score (nSPS) is 11.8. The van der Waals surface area contributed by atoms with Crippen molar-refractivity contribution in [3.63, 3.8) is 0 Å². The number of alkyl halides is 3. The van der Waals surface area contributed by atoms with Crippen molar-refractivity contribution in [2.75, 3.05) is 6.54 Å². The maximum atomic E-state index is 12.7. The van der Waals surface area contributed by atoms with Crippen molar-refractivity contribution in [2.24, 2.45) is 0 Å². The molecule has 7 heteroatoms. The highest BCUT2D eigenvalue weighted by atomic mass is 19.4. The van der Waals surface area contributed by atoms with E-state index in [0.29, 0.717) is 24.9 Å². The standard InChI is InChI=1S/C21H24F3NO3/c1-20(2,3)28-19(26)25-12-11-16-9-10-18(27-21(22,23)24)17(14-16)13-15-7-5-4-6-8-15/h4-10,14H,11-13H2,1-3H3,(H,25,26). The Bertz CT molecular complexity index is 784. The van der Waals surface area contributed by atoms with E-state index in [0.717, 1.165) is 11.1 Å². The summed E-state index contributed by atoms with van der Waals surface area (Å²) in [5.41, 5.74) is 1.50. The Kier molecular flexibility index (Phi) is 6.94. The Balaban J connectivity index is 2.09. The molecule has 152 valence electrons. The molecule has 0 bridgehead atoms. The average Bonchev–Trinajstić information content (AvgIpc) is 2.55. The Hall–Kier alpha value is -2.70. The van der Waals surface area contributed by atoms with Gasteiger partial charge in [-0.05, 0) is 49.9 Å². The summed E-state index contributed by atoms with van der Waals surface area (Å²) in [5, 5.41) is 2.64. The molecule has 4 nitrogen and oxygen atoms in total. The van der Waals surface area contributed by atoms with E-state index in [1.54, 1.807) is 32.9 Å². The number of ether oxygens (including phenoxy) is 2. The molecule has 0 saturated heterocycles. The molecule has 0 radical (unpaired) electrons. The molecule has 1 N–H and O–H groups in total. The Morgan fingerprint density at radius 2 is 1.68 bits per heavy atom. The van der Waals surface area contributed by atoms with Crippen molar-refractivity contribution in [1.29, 1.82) is 0 Å². The third kappa shape index (κ3) is 7.90. The first-order valence-corrected chi connectivity index (χ1v) is 8.90. The summed E-state index contributed by atoms with van der Waals surface area (Å²) < 4.78 is 47.4. The predicted molar refractivity (Wildman–Crippen MR) is 100 cm³/mol. The minimum absolute atomic E-state index is 0.222.